The third-order valence-corrected chi connectivity index (χ3v) is 3.41. The molecule has 1 unspecified atom stereocenters. The van der Waals surface area contributed by atoms with E-state index in [0.29, 0.717) is 13.0 Å². The Morgan fingerprint density at radius 3 is 2.52 bits per heavy atom. The molecule has 1 fully saturated rings. The molecule has 0 bridgehead atoms. The molecule has 0 spiro atoms. The zero-order valence-electron chi connectivity index (χ0n) is 13.7. The topological polar surface area (TPSA) is 75.7 Å². The molecule has 1 heterocycles. The molecule has 124 valence electrons. The third kappa shape index (κ3) is 4.55. The van der Waals surface area contributed by atoms with Crippen LogP contribution in [0.15, 0.2) is 30.3 Å². The van der Waals surface area contributed by atoms with Gasteiger partial charge in [-0.1, -0.05) is 30.3 Å². The van der Waals surface area contributed by atoms with Crippen molar-refractivity contribution in [3.63, 3.8) is 0 Å². The number of nitrogens with zero attached hydrogens (tertiary/aromatic N) is 1. The first-order valence-electron chi connectivity index (χ1n) is 7.64. The molecule has 1 aliphatic rings. The monoisotopic (exact) mass is 318 g/mol. The maximum atomic E-state index is 12.3. The predicted molar refractivity (Wildman–Crippen MR) is 84.4 cm³/mol. The summed E-state index contributed by atoms with van der Waals surface area (Å²) in [6.45, 7) is 5.51. The average molecular weight is 318 g/mol. The molecule has 1 aromatic rings. The van der Waals surface area contributed by atoms with Gasteiger partial charge in [0.15, 0.2) is 0 Å². The van der Waals surface area contributed by atoms with Crippen molar-refractivity contribution in [3.8, 4) is 0 Å². The smallest absolute Gasteiger partial charge is 0.417 e. The van der Waals surface area contributed by atoms with Crippen LogP contribution in [0.4, 0.5) is 4.79 Å². The first-order chi connectivity index (χ1) is 10.8. The molecule has 6 nitrogen and oxygen atoms in total. The molecular formula is C17H22N2O4. The van der Waals surface area contributed by atoms with Crippen LogP contribution in [-0.4, -0.2) is 34.5 Å². The zero-order chi connectivity index (χ0) is 17.0. The Labute approximate surface area is 135 Å². The highest BCUT2D eigenvalue weighted by Gasteiger charge is 2.42. The van der Waals surface area contributed by atoms with Gasteiger partial charge in [0.2, 0.25) is 11.8 Å². The van der Waals surface area contributed by atoms with E-state index in [1.807, 2.05) is 30.3 Å². The lowest BCUT2D eigenvalue weighted by Gasteiger charge is -2.26. The van der Waals surface area contributed by atoms with E-state index in [1.54, 1.807) is 20.8 Å². The van der Waals surface area contributed by atoms with Crippen LogP contribution in [0.5, 0.6) is 0 Å². The maximum Gasteiger partial charge on any atom is 0.417 e. The molecule has 2 rings (SSSR count). The molecule has 23 heavy (non-hydrogen) atoms. The Balaban J connectivity index is 2.00. The van der Waals surface area contributed by atoms with Crippen LogP contribution in [0.25, 0.3) is 0 Å². The van der Waals surface area contributed by atoms with Crippen LogP contribution in [0.1, 0.15) is 39.2 Å². The molecule has 0 aromatic heterocycles. The highest BCUT2D eigenvalue weighted by atomic mass is 16.6. The summed E-state index contributed by atoms with van der Waals surface area (Å²) in [5, 5.41) is 2.77. The van der Waals surface area contributed by atoms with Crippen molar-refractivity contribution in [2.75, 3.05) is 0 Å². The summed E-state index contributed by atoms with van der Waals surface area (Å²) in [4.78, 5) is 37.4. The SMILES string of the molecule is CC(C)(C)OC(=O)N1C(=O)CCC1C(=O)NCc1ccccc1. The van der Waals surface area contributed by atoms with Crippen LogP contribution in [0.2, 0.25) is 0 Å². The largest absolute Gasteiger partial charge is 0.443 e. The van der Waals surface area contributed by atoms with Gasteiger partial charge in [-0.05, 0) is 32.8 Å². The fourth-order valence-electron chi connectivity index (χ4n) is 2.37. The Morgan fingerprint density at radius 1 is 1.26 bits per heavy atom. The lowest BCUT2D eigenvalue weighted by Crippen LogP contribution is -2.49. The zero-order valence-corrected chi connectivity index (χ0v) is 13.7. The Bertz CT molecular complexity index is 592. The van der Waals surface area contributed by atoms with Gasteiger partial charge in [0.25, 0.3) is 0 Å². The van der Waals surface area contributed by atoms with Crippen LogP contribution in [0.3, 0.4) is 0 Å². The Kier molecular flexibility index (Phi) is 5.03. The molecular weight excluding hydrogens is 296 g/mol. The molecule has 3 amide bonds. The van der Waals surface area contributed by atoms with Gasteiger partial charge in [-0.25, -0.2) is 9.69 Å². The summed E-state index contributed by atoms with van der Waals surface area (Å²) in [6, 6.07) is 8.64. The van der Waals surface area contributed by atoms with E-state index in [0.717, 1.165) is 10.5 Å². The van der Waals surface area contributed by atoms with Crippen molar-refractivity contribution in [3.05, 3.63) is 35.9 Å². The van der Waals surface area contributed by atoms with Gasteiger partial charge in [0, 0.05) is 13.0 Å². The minimum Gasteiger partial charge on any atom is -0.443 e. The minimum atomic E-state index is -0.805. The summed E-state index contributed by atoms with van der Waals surface area (Å²) in [5.41, 5.74) is 0.236. The quantitative estimate of drug-likeness (QED) is 0.927. The van der Waals surface area contributed by atoms with Crippen LogP contribution >= 0.6 is 0 Å². The lowest BCUT2D eigenvalue weighted by molar-refractivity contribution is -0.134. The number of imide groups is 1. The van der Waals surface area contributed by atoms with Gasteiger partial charge in [0.05, 0.1) is 0 Å². The van der Waals surface area contributed by atoms with Gasteiger partial charge in [-0.2, -0.15) is 0 Å². The molecule has 0 radical (unpaired) electrons. The fraction of sp³-hybridized carbons (Fsp3) is 0.471. The standard InChI is InChI=1S/C17H22N2O4/c1-17(2,3)23-16(22)19-13(9-10-14(19)20)15(21)18-11-12-7-5-4-6-8-12/h4-8,13H,9-11H2,1-3H3,(H,18,21). The van der Waals surface area contributed by atoms with Crippen LogP contribution in [0, 0.1) is 0 Å². The van der Waals surface area contributed by atoms with Crippen LogP contribution in [-0.2, 0) is 20.9 Å². The number of hydrogen-bond acceptors (Lipinski definition) is 4. The summed E-state index contributed by atoms with van der Waals surface area (Å²) >= 11 is 0. The summed E-state index contributed by atoms with van der Waals surface area (Å²) < 4.78 is 5.22. The number of nitrogens with one attached hydrogen (secondary N) is 1. The number of carbonyl (C=O) groups excluding carboxylic acids is 3. The van der Waals surface area contributed by atoms with E-state index < -0.39 is 17.7 Å². The van der Waals surface area contributed by atoms with E-state index in [-0.39, 0.29) is 18.2 Å². The maximum absolute atomic E-state index is 12.3. The first kappa shape index (κ1) is 17.0. The highest BCUT2D eigenvalue weighted by Crippen LogP contribution is 2.22. The number of carbonyl (C=O) groups is 3. The molecule has 1 aliphatic heterocycles. The third-order valence-electron chi connectivity index (χ3n) is 3.41. The van der Waals surface area contributed by atoms with Gasteiger partial charge >= 0.3 is 6.09 Å². The number of rotatable bonds is 3. The van der Waals surface area contributed by atoms with Gasteiger partial charge in [-0.3, -0.25) is 9.59 Å². The lowest BCUT2D eigenvalue weighted by atomic mass is 10.2. The van der Waals surface area contributed by atoms with Gasteiger partial charge in [-0.15, -0.1) is 0 Å². The van der Waals surface area contributed by atoms with Crippen LogP contribution < -0.4 is 5.32 Å². The van der Waals surface area contributed by atoms with Gasteiger partial charge < -0.3 is 10.1 Å². The summed E-state index contributed by atoms with van der Waals surface area (Å²) in [7, 11) is 0. The average Bonchev–Trinajstić information content (AvgIpc) is 2.86. The summed E-state index contributed by atoms with van der Waals surface area (Å²) in [6.07, 6.45) is -0.277. The Morgan fingerprint density at radius 2 is 1.91 bits per heavy atom. The number of likely N-dealkylation sites (tertiary alicyclic amines) is 1. The molecule has 1 aromatic carbocycles. The van der Waals surface area contributed by atoms with Crippen molar-refractivity contribution >= 4 is 17.9 Å². The molecule has 6 heteroatoms. The fourth-order valence-corrected chi connectivity index (χ4v) is 2.37. The molecule has 1 saturated heterocycles. The normalized spacial score (nSPS) is 18.0. The molecule has 1 N–H and O–H groups in total. The first-order valence-corrected chi connectivity index (χ1v) is 7.64. The second-order valence-corrected chi connectivity index (χ2v) is 6.50. The summed E-state index contributed by atoms with van der Waals surface area (Å²) in [5.74, 6) is -0.718. The van der Waals surface area contributed by atoms with E-state index in [1.165, 1.54) is 0 Å². The molecule has 0 saturated carbocycles. The Hall–Kier alpha value is -2.37. The van der Waals surface area contributed by atoms with E-state index in [2.05, 4.69) is 5.32 Å². The minimum absolute atomic E-state index is 0.169. The number of hydrogen-bond donors (Lipinski definition) is 1. The highest BCUT2D eigenvalue weighted by molar-refractivity contribution is 6.00. The van der Waals surface area contributed by atoms with Gasteiger partial charge in [0.1, 0.15) is 11.6 Å². The second-order valence-electron chi connectivity index (χ2n) is 6.50. The molecule has 0 aliphatic carbocycles. The van der Waals surface area contributed by atoms with Crippen molar-refractivity contribution in [1.82, 2.24) is 10.2 Å². The van der Waals surface area contributed by atoms with Crippen molar-refractivity contribution in [1.29, 1.82) is 0 Å². The van der Waals surface area contributed by atoms with Crippen molar-refractivity contribution in [2.45, 2.75) is 51.8 Å². The number of benzene rings is 1. The number of amides is 3. The van der Waals surface area contributed by atoms with E-state index in [9.17, 15) is 14.4 Å². The molecule has 1 atom stereocenters. The second kappa shape index (κ2) is 6.81. The number of ether oxygens (including phenoxy) is 1. The van der Waals surface area contributed by atoms with E-state index >= 15 is 0 Å². The van der Waals surface area contributed by atoms with Crippen molar-refractivity contribution < 1.29 is 19.1 Å². The van der Waals surface area contributed by atoms with E-state index in [4.69, 9.17) is 4.74 Å². The predicted octanol–water partition coefficient (Wildman–Crippen LogP) is 2.23. The van der Waals surface area contributed by atoms with Crippen molar-refractivity contribution in [2.24, 2.45) is 0 Å².